The van der Waals surface area contributed by atoms with Crippen LogP contribution >= 0.6 is 11.3 Å². The number of ether oxygens (including phenoxy) is 1. The Morgan fingerprint density at radius 2 is 2.31 bits per heavy atom. The zero-order chi connectivity index (χ0) is 11.5. The van der Waals surface area contributed by atoms with Crippen LogP contribution in [-0.2, 0) is 0 Å². The first-order valence-electron chi connectivity index (χ1n) is 4.52. The van der Waals surface area contributed by atoms with E-state index in [1.54, 1.807) is 23.6 Å². The Balaban J connectivity index is 2.40. The van der Waals surface area contributed by atoms with Crippen LogP contribution in [-0.4, -0.2) is 23.5 Å². The molecule has 0 unspecified atom stereocenters. The highest BCUT2D eigenvalue weighted by Gasteiger charge is 2.07. The van der Waals surface area contributed by atoms with Crippen molar-refractivity contribution in [3.8, 4) is 22.1 Å². The van der Waals surface area contributed by atoms with Gasteiger partial charge in [0.25, 0.3) is 0 Å². The van der Waals surface area contributed by atoms with E-state index in [0.29, 0.717) is 22.7 Å². The molecule has 4 nitrogen and oxygen atoms in total. The Kier molecular flexibility index (Phi) is 2.87. The van der Waals surface area contributed by atoms with Crippen LogP contribution in [0.2, 0.25) is 0 Å². The summed E-state index contributed by atoms with van der Waals surface area (Å²) in [6, 6.07) is 5.00. The maximum atomic E-state index is 10.5. The molecule has 0 bridgehead atoms. The van der Waals surface area contributed by atoms with Crippen LogP contribution in [0.1, 0.15) is 10.5 Å². The molecule has 82 valence electrons. The van der Waals surface area contributed by atoms with Gasteiger partial charge in [0.2, 0.25) is 0 Å². The molecule has 1 N–H and O–H groups in total. The van der Waals surface area contributed by atoms with Crippen molar-refractivity contribution in [3.05, 3.63) is 29.3 Å². The summed E-state index contributed by atoms with van der Waals surface area (Å²) in [5, 5.41) is 12.0. The van der Waals surface area contributed by atoms with E-state index in [-0.39, 0.29) is 5.75 Å². The smallest absolute Gasteiger partial charge is 0.169 e. The summed E-state index contributed by atoms with van der Waals surface area (Å²) in [4.78, 5) is 14.6. The summed E-state index contributed by atoms with van der Waals surface area (Å²) in [5.74, 6) is 0.471. The standard InChI is InChI=1S/C11H9NO3S/c1-15-10-3-2-7(4-9(10)14)11-12-8(5-13)6-16-11/h2-6,14H,1H3. The third-order valence-corrected chi connectivity index (χ3v) is 2.98. The molecule has 1 aromatic carbocycles. The van der Waals surface area contributed by atoms with Crippen LogP contribution in [0, 0.1) is 0 Å². The molecule has 0 aliphatic heterocycles. The number of rotatable bonds is 3. The lowest BCUT2D eigenvalue weighted by atomic mass is 10.2. The lowest BCUT2D eigenvalue weighted by Crippen LogP contribution is -1.85. The minimum absolute atomic E-state index is 0.0582. The normalized spacial score (nSPS) is 10.1. The van der Waals surface area contributed by atoms with Crippen LogP contribution < -0.4 is 4.74 Å². The second kappa shape index (κ2) is 4.32. The van der Waals surface area contributed by atoms with E-state index in [2.05, 4.69) is 4.98 Å². The molecule has 1 heterocycles. The van der Waals surface area contributed by atoms with Gasteiger partial charge in [-0.1, -0.05) is 0 Å². The largest absolute Gasteiger partial charge is 0.504 e. The average molecular weight is 235 g/mol. The molecule has 0 atom stereocenters. The van der Waals surface area contributed by atoms with Gasteiger partial charge < -0.3 is 9.84 Å². The fourth-order valence-corrected chi connectivity index (χ4v) is 2.06. The number of hydrogen-bond donors (Lipinski definition) is 1. The van der Waals surface area contributed by atoms with Gasteiger partial charge in [0.15, 0.2) is 17.8 Å². The van der Waals surface area contributed by atoms with Crippen molar-refractivity contribution in [1.29, 1.82) is 0 Å². The van der Waals surface area contributed by atoms with Crippen molar-refractivity contribution in [1.82, 2.24) is 4.98 Å². The first-order valence-corrected chi connectivity index (χ1v) is 5.40. The molecule has 0 aliphatic carbocycles. The maximum Gasteiger partial charge on any atom is 0.169 e. The van der Waals surface area contributed by atoms with Gasteiger partial charge in [-0.05, 0) is 18.2 Å². The van der Waals surface area contributed by atoms with Gasteiger partial charge in [-0.25, -0.2) is 4.98 Å². The number of benzene rings is 1. The minimum Gasteiger partial charge on any atom is -0.504 e. The first kappa shape index (κ1) is 10.6. The summed E-state index contributed by atoms with van der Waals surface area (Å²) in [5.41, 5.74) is 1.16. The second-order valence-electron chi connectivity index (χ2n) is 3.08. The average Bonchev–Trinajstić information content (AvgIpc) is 2.77. The van der Waals surface area contributed by atoms with Gasteiger partial charge in [0.1, 0.15) is 10.7 Å². The molecule has 0 fully saturated rings. The maximum absolute atomic E-state index is 10.5. The molecular weight excluding hydrogens is 226 g/mol. The highest BCUT2D eigenvalue weighted by molar-refractivity contribution is 7.13. The molecule has 0 aliphatic rings. The number of thiazole rings is 1. The molecule has 5 heteroatoms. The minimum atomic E-state index is 0.0582. The quantitative estimate of drug-likeness (QED) is 0.829. The van der Waals surface area contributed by atoms with E-state index in [1.807, 2.05) is 0 Å². The summed E-state index contributed by atoms with van der Waals surface area (Å²) in [6.45, 7) is 0. The van der Waals surface area contributed by atoms with E-state index in [1.165, 1.54) is 18.4 Å². The highest BCUT2D eigenvalue weighted by atomic mass is 32.1. The number of phenolic OH excluding ortho intramolecular Hbond substituents is 1. The number of carbonyl (C=O) groups is 1. The van der Waals surface area contributed by atoms with Crippen molar-refractivity contribution in [2.75, 3.05) is 7.11 Å². The van der Waals surface area contributed by atoms with Crippen LogP contribution in [0.3, 0.4) is 0 Å². The molecule has 0 radical (unpaired) electrons. The highest BCUT2D eigenvalue weighted by Crippen LogP contribution is 2.32. The Morgan fingerprint density at radius 1 is 1.50 bits per heavy atom. The van der Waals surface area contributed by atoms with E-state index >= 15 is 0 Å². The summed E-state index contributed by atoms with van der Waals surface area (Å²) in [7, 11) is 1.49. The Morgan fingerprint density at radius 3 is 2.88 bits per heavy atom. The third-order valence-electron chi connectivity index (χ3n) is 2.07. The molecule has 0 amide bonds. The Bertz CT molecular complexity index is 522. The van der Waals surface area contributed by atoms with E-state index < -0.39 is 0 Å². The predicted octanol–water partition coefficient (Wildman–Crippen LogP) is 2.34. The van der Waals surface area contributed by atoms with Gasteiger partial charge >= 0.3 is 0 Å². The molecule has 16 heavy (non-hydrogen) atoms. The number of aromatic hydroxyl groups is 1. The second-order valence-corrected chi connectivity index (χ2v) is 3.94. The molecule has 1 aromatic heterocycles. The molecule has 2 aromatic rings. The first-order chi connectivity index (χ1) is 7.74. The number of methoxy groups -OCH3 is 1. The topological polar surface area (TPSA) is 59.4 Å². The molecular formula is C11H9NO3S. The predicted molar refractivity (Wildman–Crippen MR) is 61.2 cm³/mol. The number of phenols is 1. The molecule has 0 saturated carbocycles. The van der Waals surface area contributed by atoms with Crippen molar-refractivity contribution < 1.29 is 14.6 Å². The fraction of sp³-hybridized carbons (Fsp3) is 0.0909. The van der Waals surface area contributed by atoms with Gasteiger partial charge in [-0.3, -0.25) is 4.79 Å². The number of carbonyl (C=O) groups excluding carboxylic acids is 1. The van der Waals surface area contributed by atoms with Gasteiger partial charge in [-0.15, -0.1) is 11.3 Å². The summed E-state index contributed by atoms with van der Waals surface area (Å²) < 4.78 is 4.94. The van der Waals surface area contributed by atoms with E-state index in [9.17, 15) is 9.90 Å². The lowest BCUT2D eigenvalue weighted by Gasteiger charge is -2.03. The SMILES string of the molecule is COc1ccc(-c2nc(C=O)cs2)cc1O. The zero-order valence-corrected chi connectivity index (χ0v) is 9.32. The molecule has 0 spiro atoms. The Hall–Kier alpha value is -1.88. The lowest BCUT2D eigenvalue weighted by molar-refractivity contribution is 0.111. The van der Waals surface area contributed by atoms with Crippen LogP contribution in [0.15, 0.2) is 23.6 Å². The number of hydrogen-bond acceptors (Lipinski definition) is 5. The number of nitrogens with zero attached hydrogens (tertiary/aromatic N) is 1. The number of aldehydes is 1. The fourth-order valence-electron chi connectivity index (χ4n) is 1.30. The van der Waals surface area contributed by atoms with Crippen molar-refractivity contribution in [2.24, 2.45) is 0 Å². The zero-order valence-electron chi connectivity index (χ0n) is 8.51. The van der Waals surface area contributed by atoms with Gasteiger partial charge in [0, 0.05) is 10.9 Å². The van der Waals surface area contributed by atoms with Gasteiger partial charge in [0.05, 0.1) is 7.11 Å². The third kappa shape index (κ3) is 1.90. The summed E-state index contributed by atoms with van der Waals surface area (Å²) >= 11 is 1.36. The summed E-state index contributed by atoms with van der Waals surface area (Å²) in [6.07, 6.45) is 0.698. The molecule has 2 rings (SSSR count). The van der Waals surface area contributed by atoms with E-state index in [4.69, 9.17) is 4.74 Å². The molecule has 0 saturated heterocycles. The number of aromatic nitrogens is 1. The van der Waals surface area contributed by atoms with Crippen molar-refractivity contribution in [2.45, 2.75) is 0 Å². The van der Waals surface area contributed by atoms with Crippen molar-refractivity contribution >= 4 is 17.6 Å². The van der Waals surface area contributed by atoms with Crippen molar-refractivity contribution in [3.63, 3.8) is 0 Å². The van der Waals surface area contributed by atoms with E-state index in [0.717, 1.165) is 5.56 Å². The Labute approximate surface area is 96.1 Å². The van der Waals surface area contributed by atoms with Crippen LogP contribution in [0.25, 0.3) is 10.6 Å². The van der Waals surface area contributed by atoms with Gasteiger partial charge in [-0.2, -0.15) is 0 Å². The monoisotopic (exact) mass is 235 g/mol. The van der Waals surface area contributed by atoms with Crippen LogP contribution in [0.4, 0.5) is 0 Å². The van der Waals surface area contributed by atoms with Crippen LogP contribution in [0.5, 0.6) is 11.5 Å².